The summed E-state index contributed by atoms with van der Waals surface area (Å²) in [7, 11) is -0.0334. The molecule has 0 aromatic heterocycles. The predicted molar refractivity (Wildman–Crippen MR) is 142 cm³/mol. The Morgan fingerprint density at radius 1 is 0.706 bits per heavy atom. The van der Waals surface area contributed by atoms with Gasteiger partial charge in [0, 0.05) is 35.8 Å². The van der Waals surface area contributed by atoms with Gasteiger partial charge in [0.25, 0.3) is 0 Å². The maximum absolute atomic E-state index is 13.2. The fourth-order valence-electron chi connectivity index (χ4n) is 3.65. The molecule has 0 bridgehead atoms. The van der Waals surface area contributed by atoms with Crippen molar-refractivity contribution in [2.45, 2.75) is 27.1 Å². The maximum atomic E-state index is 13.2. The van der Waals surface area contributed by atoms with Crippen molar-refractivity contribution < 1.29 is 14.3 Å². The zero-order chi connectivity index (χ0) is 23.0. The second-order valence-electron chi connectivity index (χ2n) is 7.93. The first-order valence-corrected chi connectivity index (χ1v) is 12.0. The third kappa shape index (κ3) is 6.84. The molecule has 0 aliphatic rings. The van der Waals surface area contributed by atoms with Gasteiger partial charge in [-0.3, -0.25) is 4.79 Å². The Morgan fingerprint density at radius 3 is 1.85 bits per heavy atom. The molecular formula is C29H27LiO3P. The first-order chi connectivity index (χ1) is 16.1. The van der Waals surface area contributed by atoms with E-state index in [-0.39, 0.29) is 33.0 Å². The van der Waals surface area contributed by atoms with Crippen molar-refractivity contribution in [2.24, 2.45) is 0 Å². The molecule has 1 atom stereocenters. The minimum Gasteiger partial charge on any atom is -0.489 e. The van der Waals surface area contributed by atoms with Crippen LogP contribution in [0, 0.1) is 13.8 Å². The zero-order valence-corrected chi connectivity index (χ0v) is 20.9. The SMILES string of the molecule is Cc1cccc(C)c1C(=O)Pc1ccc(OCc2ccccc2)cc1OCc1ccccc1.[Li]. The summed E-state index contributed by atoms with van der Waals surface area (Å²) in [6, 6.07) is 31.8. The summed E-state index contributed by atoms with van der Waals surface area (Å²) < 4.78 is 12.2. The van der Waals surface area contributed by atoms with Crippen LogP contribution in [0.2, 0.25) is 0 Å². The van der Waals surface area contributed by atoms with Crippen LogP contribution in [0.15, 0.2) is 97.1 Å². The number of benzene rings is 4. The van der Waals surface area contributed by atoms with Crippen LogP contribution in [-0.4, -0.2) is 24.4 Å². The predicted octanol–water partition coefficient (Wildman–Crippen LogP) is 6.22. The van der Waals surface area contributed by atoms with E-state index in [4.69, 9.17) is 9.47 Å². The molecule has 0 aliphatic heterocycles. The van der Waals surface area contributed by atoms with Crippen LogP contribution in [0.1, 0.15) is 32.6 Å². The van der Waals surface area contributed by atoms with Crippen LogP contribution in [0.5, 0.6) is 11.5 Å². The summed E-state index contributed by atoms with van der Waals surface area (Å²) in [5.74, 6) is 1.40. The van der Waals surface area contributed by atoms with Crippen LogP contribution in [0.4, 0.5) is 0 Å². The Bertz CT molecular complexity index is 1210. The summed E-state index contributed by atoms with van der Waals surface area (Å²) in [4.78, 5) is 13.2. The van der Waals surface area contributed by atoms with Gasteiger partial charge in [-0.1, -0.05) is 78.9 Å². The zero-order valence-electron chi connectivity index (χ0n) is 19.9. The minimum absolute atomic E-state index is 0. The van der Waals surface area contributed by atoms with Gasteiger partial charge in [-0.05, 0) is 56.8 Å². The van der Waals surface area contributed by atoms with Crippen LogP contribution < -0.4 is 14.8 Å². The quantitative estimate of drug-likeness (QED) is 0.219. The van der Waals surface area contributed by atoms with E-state index in [1.54, 1.807) is 0 Å². The topological polar surface area (TPSA) is 35.5 Å². The molecular weight excluding hydrogens is 434 g/mol. The molecule has 0 spiro atoms. The van der Waals surface area contributed by atoms with E-state index in [2.05, 4.69) is 0 Å². The van der Waals surface area contributed by atoms with Crippen LogP contribution >= 0.6 is 8.58 Å². The van der Waals surface area contributed by atoms with Gasteiger partial charge in [0.15, 0.2) is 5.52 Å². The van der Waals surface area contributed by atoms with E-state index >= 15 is 0 Å². The number of carbonyl (C=O) groups is 1. The molecule has 4 aromatic carbocycles. The van der Waals surface area contributed by atoms with E-state index in [0.717, 1.165) is 38.9 Å². The second kappa shape index (κ2) is 12.6. The monoisotopic (exact) mass is 461 g/mol. The molecule has 1 unspecified atom stereocenters. The molecule has 4 rings (SSSR count). The standard InChI is InChI=1S/C29H27O3P.Li/c1-21-10-9-11-22(2)28(21)29(30)33-27-17-16-25(31-19-23-12-5-3-6-13-23)18-26(27)32-20-24-14-7-4-8-15-24;/h3-18,33H,19-20H2,1-2H3;. The van der Waals surface area contributed by atoms with Crippen molar-refractivity contribution in [3.8, 4) is 11.5 Å². The first-order valence-electron chi connectivity index (χ1n) is 11.0. The second-order valence-corrected chi connectivity index (χ2v) is 9.17. The molecule has 0 aliphatic carbocycles. The molecule has 0 fully saturated rings. The van der Waals surface area contributed by atoms with Gasteiger partial charge in [-0.15, -0.1) is 0 Å². The van der Waals surface area contributed by atoms with E-state index in [0.29, 0.717) is 19.0 Å². The summed E-state index contributed by atoms with van der Waals surface area (Å²) in [6.45, 7) is 4.87. The molecule has 5 heteroatoms. The third-order valence-corrected chi connectivity index (χ3v) is 6.55. The van der Waals surface area contributed by atoms with Crippen molar-refractivity contribution in [2.75, 3.05) is 0 Å². The smallest absolute Gasteiger partial charge is 0.186 e. The van der Waals surface area contributed by atoms with E-state index in [1.807, 2.05) is 111 Å². The van der Waals surface area contributed by atoms with Gasteiger partial charge in [0.2, 0.25) is 0 Å². The van der Waals surface area contributed by atoms with Gasteiger partial charge in [0.05, 0.1) is 0 Å². The average Bonchev–Trinajstić information content (AvgIpc) is 2.83. The third-order valence-electron chi connectivity index (χ3n) is 5.39. The molecule has 4 aromatic rings. The first kappa shape index (κ1) is 25.8. The Hall–Kier alpha value is -2.82. The average molecular weight is 461 g/mol. The normalized spacial score (nSPS) is 10.6. The summed E-state index contributed by atoms with van der Waals surface area (Å²) >= 11 is 0. The largest absolute Gasteiger partial charge is 0.489 e. The number of hydrogen-bond donors (Lipinski definition) is 0. The van der Waals surface area contributed by atoms with Crippen LogP contribution in [-0.2, 0) is 13.2 Å². The Morgan fingerprint density at radius 2 is 1.26 bits per heavy atom. The molecule has 1 radical (unpaired) electrons. The maximum Gasteiger partial charge on any atom is 0.186 e. The van der Waals surface area contributed by atoms with Crippen molar-refractivity contribution in [1.82, 2.24) is 0 Å². The number of ether oxygens (including phenoxy) is 2. The van der Waals surface area contributed by atoms with Crippen molar-refractivity contribution in [1.29, 1.82) is 0 Å². The van der Waals surface area contributed by atoms with Crippen molar-refractivity contribution in [3.05, 3.63) is 125 Å². The van der Waals surface area contributed by atoms with Gasteiger partial charge in [-0.25, -0.2) is 0 Å². The van der Waals surface area contributed by atoms with E-state index in [1.165, 1.54) is 0 Å². The summed E-state index contributed by atoms with van der Waals surface area (Å²) in [5.41, 5.74) is 5.09. The molecule has 34 heavy (non-hydrogen) atoms. The molecule has 3 nitrogen and oxygen atoms in total. The Labute approximate surface area is 215 Å². The molecule has 0 heterocycles. The molecule has 0 saturated heterocycles. The minimum atomic E-state index is -0.0334. The fourth-order valence-corrected chi connectivity index (χ4v) is 4.85. The van der Waals surface area contributed by atoms with E-state index in [9.17, 15) is 4.79 Å². The fraction of sp³-hybridized carbons (Fsp3) is 0.138. The number of aryl methyl sites for hydroxylation is 2. The molecule has 0 saturated carbocycles. The number of hydrogen-bond acceptors (Lipinski definition) is 3. The van der Waals surface area contributed by atoms with E-state index < -0.39 is 0 Å². The molecule has 167 valence electrons. The summed E-state index contributed by atoms with van der Waals surface area (Å²) in [5, 5.41) is 0.880. The van der Waals surface area contributed by atoms with Gasteiger partial charge < -0.3 is 9.47 Å². The van der Waals surface area contributed by atoms with Crippen LogP contribution in [0.25, 0.3) is 0 Å². The van der Waals surface area contributed by atoms with Gasteiger partial charge >= 0.3 is 0 Å². The van der Waals surface area contributed by atoms with Crippen LogP contribution in [0.3, 0.4) is 0 Å². The summed E-state index contributed by atoms with van der Waals surface area (Å²) in [6.07, 6.45) is 0. The van der Waals surface area contributed by atoms with Crippen molar-refractivity contribution >= 4 is 38.3 Å². The number of carbonyl (C=O) groups excluding carboxylic acids is 1. The van der Waals surface area contributed by atoms with Crippen molar-refractivity contribution in [3.63, 3.8) is 0 Å². The Kier molecular flexibility index (Phi) is 9.55. The molecule has 0 N–H and O–H groups in total. The van der Waals surface area contributed by atoms with Gasteiger partial charge in [0.1, 0.15) is 24.7 Å². The Balaban J connectivity index is 0.00000324. The number of rotatable bonds is 9. The molecule has 0 amide bonds. The van der Waals surface area contributed by atoms with Gasteiger partial charge in [-0.2, -0.15) is 0 Å².